The zero-order valence-electron chi connectivity index (χ0n) is 16.0. The number of anilines is 1. The number of likely N-dealkylation sites (tertiary alicyclic amines) is 1. The standard InChI is InChI=1S/C22H22N2O5/c25-21-13-18(22(26)24(21)15-4-2-1-3-5-15)23-10-8-16(9-11-23)29-17-6-7-19-20(12-17)28-14-27-19/h1-7,12,16,18H,8-11,13-14H2/t18-/m1/s1. The summed E-state index contributed by atoms with van der Waals surface area (Å²) in [5, 5.41) is 0. The van der Waals surface area contributed by atoms with Gasteiger partial charge in [0, 0.05) is 19.2 Å². The van der Waals surface area contributed by atoms with Crippen molar-refractivity contribution in [1.29, 1.82) is 0 Å². The number of fused-ring (bicyclic) bond motifs is 1. The molecular formula is C22H22N2O5. The Hall–Kier alpha value is -3.06. The van der Waals surface area contributed by atoms with E-state index in [1.54, 1.807) is 12.1 Å². The third-order valence-electron chi connectivity index (χ3n) is 5.70. The Labute approximate surface area is 168 Å². The van der Waals surface area contributed by atoms with Crippen LogP contribution in [0.5, 0.6) is 17.2 Å². The van der Waals surface area contributed by atoms with Crippen molar-refractivity contribution >= 4 is 17.5 Å². The fourth-order valence-corrected chi connectivity index (χ4v) is 4.20. The number of piperidine rings is 1. The second-order valence-corrected chi connectivity index (χ2v) is 7.49. The minimum Gasteiger partial charge on any atom is -0.490 e. The van der Waals surface area contributed by atoms with Gasteiger partial charge in [0.2, 0.25) is 12.7 Å². The molecule has 0 spiro atoms. The monoisotopic (exact) mass is 394 g/mol. The van der Waals surface area contributed by atoms with Crippen LogP contribution in [-0.2, 0) is 9.59 Å². The molecule has 0 radical (unpaired) electrons. The predicted molar refractivity (Wildman–Crippen MR) is 105 cm³/mol. The molecule has 3 aliphatic rings. The van der Waals surface area contributed by atoms with Crippen LogP contribution in [0.3, 0.4) is 0 Å². The first-order chi connectivity index (χ1) is 14.2. The molecule has 0 N–H and O–H groups in total. The number of hydrogen-bond acceptors (Lipinski definition) is 6. The van der Waals surface area contributed by atoms with Crippen LogP contribution in [0.15, 0.2) is 48.5 Å². The van der Waals surface area contributed by atoms with Gasteiger partial charge in [-0.3, -0.25) is 14.5 Å². The lowest BCUT2D eigenvalue weighted by molar-refractivity contribution is -0.123. The van der Waals surface area contributed by atoms with Gasteiger partial charge in [0.1, 0.15) is 11.9 Å². The predicted octanol–water partition coefficient (Wildman–Crippen LogP) is 2.59. The van der Waals surface area contributed by atoms with Crippen molar-refractivity contribution in [2.24, 2.45) is 0 Å². The Morgan fingerprint density at radius 1 is 0.931 bits per heavy atom. The van der Waals surface area contributed by atoms with Gasteiger partial charge in [-0.2, -0.15) is 0 Å². The highest BCUT2D eigenvalue weighted by atomic mass is 16.7. The molecule has 29 heavy (non-hydrogen) atoms. The van der Waals surface area contributed by atoms with Gasteiger partial charge in [-0.25, -0.2) is 4.90 Å². The molecule has 2 saturated heterocycles. The molecule has 2 aromatic rings. The van der Waals surface area contributed by atoms with Crippen LogP contribution >= 0.6 is 0 Å². The molecule has 7 nitrogen and oxygen atoms in total. The number of hydrogen-bond donors (Lipinski definition) is 0. The first-order valence-electron chi connectivity index (χ1n) is 9.91. The van der Waals surface area contributed by atoms with Gasteiger partial charge in [-0.15, -0.1) is 0 Å². The maximum atomic E-state index is 12.9. The van der Waals surface area contributed by atoms with Crippen LogP contribution in [0.2, 0.25) is 0 Å². The molecule has 3 heterocycles. The largest absolute Gasteiger partial charge is 0.490 e. The topological polar surface area (TPSA) is 68.3 Å². The molecule has 2 amide bonds. The third kappa shape index (κ3) is 3.42. The van der Waals surface area contributed by atoms with Crippen molar-refractivity contribution in [1.82, 2.24) is 4.90 Å². The second-order valence-electron chi connectivity index (χ2n) is 7.49. The fourth-order valence-electron chi connectivity index (χ4n) is 4.20. The molecule has 0 aliphatic carbocycles. The smallest absolute Gasteiger partial charge is 0.251 e. The van der Waals surface area contributed by atoms with E-state index in [0.717, 1.165) is 37.4 Å². The molecule has 0 aromatic heterocycles. The molecule has 150 valence electrons. The molecule has 5 rings (SSSR count). The molecule has 3 aliphatic heterocycles. The van der Waals surface area contributed by atoms with E-state index >= 15 is 0 Å². The van der Waals surface area contributed by atoms with E-state index in [-0.39, 0.29) is 37.2 Å². The summed E-state index contributed by atoms with van der Waals surface area (Å²) in [7, 11) is 0. The highest BCUT2D eigenvalue weighted by molar-refractivity contribution is 6.22. The number of carbonyl (C=O) groups excluding carboxylic acids is 2. The van der Waals surface area contributed by atoms with Crippen molar-refractivity contribution in [3.63, 3.8) is 0 Å². The van der Waals surface area contributed by atoms with Crippen LogP contribution in [0.4, 0.5) is 5.69 Å². The summed E-state index contributed by atoms with van der Waals surface area (Å²) in [4.78, 5) is 28.8. The lowest BCUT2D eigenvalue weighted by Gasteiger charge is -2.34. The average molecular weight is 394 g/mol. The summed E-state index contributed by atoms with van der Waals surface area (Å²) >= 11 is 0. The first kappa shape index (κ1) is 18.0. The lowest BCUT2D eigenvalue weighted by atomic mass is 10.0. The van der Waals surface area contributed by atoms with Crippen molar-refractivity contribution in [3.8, 4) is 17.2 Å². The van der Waals surface area contributed by atoms with Crippen molar-refractivity contribution in [3.05, 3.63) is 48.5 Å². The summed E-state index contributed by atoms with van der Waals surface area (Å²) in [6.07, 6.45) is 1.92. The Morgan fingerprint density at radius 2 is 1.69 bits per heavy atom. The average Bonchev–Trinajstić information content (AvgIpc) is 3.33. The minimum atomic E-state index is -0.380. The van der Waals surface area contributed by atoms with E-state index in [4.69, 9.17) is 14.2 Å². The minimum absolute atomic E-state index is 0.0732. The summed E-state index contributed by atoms with van der Waals surface area (Å²) in [5.41, 5.74) is 0.644. The van der Waals surface area contributed by atoms with Crippen LogP contribution in [-0.4, -0.2) is 48.7 Å². The number of benzene rings is 2. The summed E-state index contributed by atoms with van der Waals surface area (Å²) in [6.45, 7) is 1.69. The second kappa shape index (κ2) is 7.40. The number of carbonyl (C=O) groups is 2. The number of rotatable bonds is 4. The lowest BCUT2D eigenvalue weighted by Crippen LogP contribution is -2.47. The molecule has 1 atom stereocenters. The Bertz CT molecular complexity index is 924. The molecule has 2 fully saturated rings. The van der Waals surface area contributed by atoms with E-state index in [0.29, 0.717) is 11.4 Å². The van der Waals surface area contributed by atoms with E-state index in [9.17, 15) is 9.59 Å². The molecule has 2 aromatic carbocycles. The Morgan fingerprint density at radius 3 is 2.48 bits per heavy atom. The molecule has 0 saturated carbocycles. The fraction of sp³-hybridized carbons (Fsp3) is 0.364. The van der Waals surface area contributed by atoms with Crippen molar-refractivity contribution in [2.45, 2.75) is 31.4 Å². The van der Waals surface area contributed by atoms with Gasteiger partial charge in [0.25, 0.3) is 5.91 Å². The van der Waals surface area contributed by atoms with Crippen LogP contribution in [0.1, 0.15) is 19.3 Å². The normalized spacial score (nSPS) is 22.3. The van der Waals surface area contributed by atoms with Crippen molar-refractivity contribution < 1.29 is 23.8 Å². The summed E-state index contributed by atoms with van der Waals surface area (Å²) < 4.78 is 16.8. The number of para-hydroxylation sites is 1. The molecule has 7 heteroatoms. The van der Waals surface area contributed by atoms with Crippen LogP contribution in [0.25, 0.3) is 0 Å². The van der Waals surface area contributed by atoms with E-state index in [1.165, 1.54) is 4.90 Å². The van der Waals surface area contributed by atoms with Gasteiger partial charge in [0.15, 0.2) is 11.5 Å². The number of amides is 2. The SMILES string of the molecule is O=C1C[C@@H](N2CCC(Oc3ccc4c(c3)OCO4)CC2)C(=O)N1c1ccccc1. The summed E-state index contributed by atoms with van der Waals surface area (Å²) in [5.74, 6) is 1.94. The summed E-state index contributed by atoms with van der Waals surface area (Å²) in [6, 6.07) is 14.3. The molecular weight excluding hydrogens is 372 g/mol. The van der Waals surface area contributed by atoms with E-state index in [2.05, 4.69) is 4.90 Å². The highest BCUT2D eigenvalue weighted by Gasteiger charge is 2.43. The Balaban J connectivity index is 1.20. The van der Waals surface area contributed by atoms with Crippen LogP contribution in [0, 0.1) is 0 Å². The number of nitrogens with zero attached hydrogens (tertiary/aromatic N) is 2. The van der Waals surface area contributed by atoms with E-state index < -0.39 is 0 Å². The highest BCUT2D eigenvalue weighted by Crippen LogP contribution is 2.36. The zero-order valence-corrected chi connectivity index (χ0v) is 16.0. The van der Waals surface area contributed by atoms with E-state index in [1.807, 2.05) is 36.4 Å². The van der Waals surface area contributed by atoms with Gasteiger partial charge in [-0.1, -0.05) is 18.2 Å². The zero-order chi connectivity index (χ0) is 19.8. The maximum absolute atomic E-state index is 12.9. The van der Waals surface area contributed by atoms with Gasteiger partial charge in [-0.05, 0) is 37.1 Å². The molecule has 0 bridgehead atoms. The van der Waals surface area contributed by atoms with Gasteiger partial charge in [0.05, 0.1) is 18.2 Å². The quantitative estimate of drug-likeness (QED) is 0.743. The van der Waals surface area contributed by atoms with Crippen LogP contribution < -0.4 is 19.1 Å². The van der Waals surface area contributed by atoms with Gasteiger partial charge < -0.3 is 14.2 Å². The van der Waals surface area contributed by atoms with Gasteiger partial charge >= 0.3 is 0 Å². The first-order valence-corrected chi connectivity index (χ1v) is 9.91. The molecule has 0 unspecified atom stereocenters. The maximum Gasteiger partial charge on any atom is 0.251 e. The van der Waals surface area contributed by atoms with Crippen molar-refractivity contribution in [2.75, 3.05) is 24.8 Å². The number of ether oxygens (including phenoxy) is 3. The Kier molecular flexibility index (Phi) is 4.60. The number of imide groups is 1. The third-order valence-corrected chi connectivity index (χ3v) is 5.70.